The standard InChI is InChI=1S/C15H17N3OS/c1-2-18-6-5-11(9-18)8-16-12-3-4-14-13(7-12)17-15(19)10-20-14/h3-7,9,16H,2,8,10H2,1H3,(H,17,19). The van der Waals surface area contributed by atoms with Gasteiger partial charge < -0.3 is 15.2 Å². The van der Waals surface area contributed by atoms with Crippen LogP contribution in [0.2, 0.25) is 0 Å². The smallest absolute Gasteiger partial charge is 0.234 e. The molecule has 0 saturated heterocycles. The molecule has 104 valence electrons. The Bertz CT molecular complexity index is 636. The number of anilines is 2. The fraction of sp³-hybridized carbons (Fsp3) is 0.267. The van der Waals surface area contributed by atoms with E-state index in [2.05, 4.69) is 52.7 Å². The Morgan fingerprint density at radius 1 is 1.40 bits per heavy atom. The lowest BCUT2D eigenvalue weighted by molar-refractivity contribution is -0.113. The van der Waals surface area contributed by atoms with Gasteiger partial charge in [-0.3, -0.25) is 4.79 Å². The van der Waals surface area contributed by atoms with E-state index in [9.17, 15) is 4.79 Å². The molecule has 2 aromatic rings. The van der Waals surface area contributed by atoms with Gasteiger partial charge in [-0.2, -0.15) is 0 Å². The molecule has 4 nitrogen and oxygen atoms in total. The minimum atomic E-state index is 0.0691. The van der Waals surface area contributed by atoms with Crippen molar-refractivity contribution in [3.05, 3.63) is 42.2 Å². The molecule has 0 aliphatic carbocycles. The van der Waals surface area contributed by atoms with Crippen LogP contribution in [0.1, 0.15) is 12.5 Å². The number of benzene rings is 1. The van der Waals surface area contributed by atoms with E-state index in [1.54, 1.807) is 11.8 Å². The van der Waals surface area contributed by atoms with Crippen molar-refractivity contribution in [3.63, 3.8) is 0 Å². The summed E-state index contributed by atoms with van der Waals surface area (Å²) < 4.78 is 2.15. The van der Waals surface area contributed by atoms with E-state index in [1.807, 2.05) is 6.07 Å². The van der Waals surface area contributed by atoms with Gasteiger partial charge >= 0.3 is 0 Å². The maximum atomic E-state index is 11.4. The Labute approximate surface area is 122 Å². The molecule has 0 fully saturated rings. The molecule has 0 unspecified atom stereocenters. The molecule has 0 atom stereocenters. The van der Waals surface area contributed by atoms with Gasteiger partial charge in [-0.1, -0.05) is 0 Å². The second-order valence-electron chi connectivity index (χ2n) is 4.75. The molecule has 0 spiro atoms. The topological polar surface area (TPSA) is 46.1 Å². The molecule has 0 radical (unpaired) electrons. The molecule has 5 heteroatoms. The first-order valence-corrected chi connectivity index (χ1v) is 7.68. The molecule has 1 aromatic heterocycles. The number of rotatable bonds is 4. The first kappa shape index (κ1) is 13.1. The number of hydrogen-bond acceptors (Lipinski definition) is 3. The van der Waals surface area contributed by atoms with Gasteiger partial charge in [0, 0.05) is 36.1 Å². The van der Waals surface area contributed by atoms with Crippen molar-refractivity contribution in [1.29, 1.82) is 0 Å². The van der Waals surface area contributed by atoms with E-state index in [1.165, 1.54) is 5.56 Å². The van der Waals surface area contributed by atoms with Crippen LogP contribution in [-0.2, 0) is 17.9 Å². The van der Waals surface area contributed by atoms with Gasteiger partial charge in [0.15, 0.2) is 0 Å². The summed E-state index contributed by atoms with van der Waals surface area (Å²) in [7, 11) is 0. The molecule has 2 N–H and O–H groups in total. The van der Waals surface area contributed by atoms with Crippen LogP contribution in [-0.4, -0.2) is 16.2 Å². The number of nitrogens with one attached hydrogen (secondary N) is 2. The molecule has 20 heavy (non-hydrogen) atoms. The summed E-state index contributed by atoms with van der Waals surface area (Å²) in [6.45, 7) is 3.90. The molecule has 0 bridgehead atoms. The van der Waals surface area contributed by atoms with Crippen molar-refractivity contribution in [2.45, 2.75) is 24.9 Å². The molecule has 3 rings (SSSR count). The van der Waals surface area contributed by atoms with Crippen molar-refractivity contribution < 1.29 is 4.79 Å². The Kier molecular flexibility index (Phi) is 3.69. The lowest BCUT2D eigenvalue weighted by atomic mass is 10.2. The predicted molar refractivity (Wildman–Crippen MR) is 83.2 cm³/mol. The maximum Gasteiger partial charge on any atom is 0.234 e. The summed E-state index contributed by atoms with van der Waals surface area (Å²) in [5.41, 5.74) is 3.18. The lowest BCUT2D eigenvalue weighted by Gasteiger charge is -2.17. The zero-order chi connectivity index (χ0) is 13.9. The predicted octanol–water partition coefficient (Wildman–Crippen LogP) is 3.16. The zero-order valence-electron chi connectivity index (χ0n) is 11.3. The van der Waals surface area contributed by atoms with Crippen molar-refractivity contribution in [1.82, 2.24) is 4.57 Å². The lowest BCUT2D eigenvalue weighted by Crippen LogP contribution is -2.18. The third-order valence-electron chi connectivity index (χ3n) is 3.29. The fourth-order valence-electron chi connectivity index (χ4n) is 2.19. The highest BCUT2D eigenvalue weighted by molar-refractivity contribution is 8.00. The van der Waals surface area contributed by atoms with Crippen molar-refractivity contribution in [2.24, 2.45) is 0 Å². The molecule has 1 aliphatic rings. The van der Waals surface area contributed by atoms with Gasteiger partial charge in [0.2, 0.25) is 5.91 Å². The number of carbonyl (C=O) groups is 1. The monoisotopic (exact) mass is 287 g/mol. The zero-order valence-corrected chi connectivity index (χ0v) is 12.2. The van der Waals surface area contributed by atoms with Gasteiger partial charge in [-0.25, -0.2) is 0 Å². The third-order valence-corrected chi connectivity index (χ3v) is 4.36. The first-order chi connectivity index (χ1) is 9.74. The van der Waals surface area contributed by atoms with Crippen LogP contribution in [0.5, 0.6) is 0 Å². The van der Waals surface area contributed by atoms with E-state index in [0.717, 1.165) is 29.4 Å². The summed E-state index contributed by atoms with van der Waals surface area (Å²) >= 11 is 1.58. The minimum Gasteiger partial charge on any atom is -0.381 e. The number of hydrogen-bond donors (Lipinski definition) is 2. The van der Waals surface area contributed by atoms with E-state index in [4.69, 9.17) is 0 Å². The minimum absolute atomic E-state index is 0.0691. The second-order valence-corrected chi connectivity index (χ2v) is 5.77. The fourth-order valence-corrected chi connectivity index (χ4v) is 2.98. The summed E-state index contributed by atoms with van der Waals surface area (Å²) in [5, 5.41) is 6.30. The number of carbonyl (C=O) groups excluding carboxylic acids is 1. The molecule has 2 heterocycles. The average Bonchev–Trinajstić information content (AvgIpc) is 2.92. The Balaban J connectivity index is 1.68. The number of nitrogens with zero attached hydrogens (tertiary/aromatic N) is 1. The molecule has 1 amide bonds. The van der Waals surface area contributed by atoms with Gasteiger partial charge in [0.1, 0.15) is 0 Å². The second kappa shape index (κ2) is 5.63. The van der Waals surface area contributed by atoms with E-state index in [-0.39, 0.29) is 5.91 Å². The molecule has 1 aromatic carbocycles. The van der Waals surface area contributed by atoms with Crippen LogP contribution < -0.4 is 10.6 Å². The van der Waals surface area contributed by atoms with Crippen LogP contribution in [0.25, 0.3) is 0 Å². The van der Waals surface area contributed by atoms with Crippen LogP contribution >= 0.6 is 11.8 Å². The number of fused-ring (bicyclic) bond motifs is 1. The normalized spacial score (nSPS) is 13.8. The van der Waals surface area contributed by atoms with E-state index < -0.39 is 0 Å². The maximum absolute atomic E-state index is 11.4. The van der Waals surface area contributed by atoms with Gasteiger partial charge in [-0.15, -0.1) is 11.8 Å². The van der Waals surface area contributed by atoms with Crippen LogP contribution in [0.15, 0.2) is 41.6 Å². The molecular weight excluding hydrogens is 270 g/mol. The van der Waals surface area contributed by atoms with Crippen LogP contribution in [0.3, 0.4) is 0 Å². The summed E-state index contributed by atoms with van der Waals surface area (Å²) in [4.78, 5) is 12.5. The van der Waals surface area contributed by atoms with Crippen molar-refractivity contribution >= 4 is 29.0 Å². The van der Waals surface area contributed by atoms with Crippen molar-refractivity contribution in [2.75, 3.05) is 16.4 Å². The summed E-state index contributed by atoms with van der Waals surface area (Å²) in [6.07, 6.45) is 4.23. The van der Waals surface area contributed by atoms with Crippen LogP contribution in [0.4, 0.5) is 11.4 Å². The number of aromatic nitrogens is 1. The highest BCUT2D eigenvalue weighted by Gasteiger charge is 2.15. The van der Waals surface area contributed by atoms with Gasteiger partial charge in [0.05, 0.1) is 11.4 Å². The van der Waals surface area contributed by atoms with Crippen molar-refractivity contribution in [3.8, 4) is 0 Å². The van der Waals surface area contributed by atoms with E-state index in [0.29, 0.717) is 5.75 Å². The summed E-state index contributed by atoms with van der Waals surface area (Å²) in [6, 6.07) is 8.22. The summed E-state index contributed by atoms with van der Waals surface area (Å²) in [5.74, 6) is 0.573. The largest absolute Gasteiger partial charge is 0.381 e. The quantitative estimate of drug-likeness (QED) is 0.908. The highest BCUT2D eigenvalue weighted by Crippen LogP contribution is 2.33. The SMILES string of the molecule is CCn1ccc(CNc2ccc3c(c2)NC(=O)CS3)c1. The Morgan fingerprint density at radius 3 is 3.10 bits per heavy atom. The molecular formula is C15H17N3OS. The number of amides is 1. The Hall–Kier alpha value is -1.88. The van der Waals surface area contributed by atoms with Crippen LogP contribution in [0, 0.1) is 0 Å². The van der Waals surface area contributed by atoms with Gasteiger partial charge in [-0.05, 0) is 36.8 Å². The molecule has 1 aliphatic heterocycles. The first-order valence-electron chi connectivity index (χ1n) is 6.70. The number of aryl methyl sites for hydroxylation is 1. The third kappa shape index (κ3) is 2.82. The van der Waals surface area contributed by atoms with Gasteiger partial charge in [0.25, 0.3) is 0 Å². The molecule has 0 saturated carbocycles. The van der Waals surface area contributed by atoms with E-state index >= 15 is 0 Å². The highest BCUT2D eigenvalue weighted by atomic mass is 32.2. The average molecular weight is 287 g/mol. The Morgan fingerprint density at radius 2 is 2.30 bits per heavy atom. The number of thioether (sulfide) groups is 1.